The van der Waals surface area contributed by atoms with Crippen molar-refractivity contribution < 1.29 is 14.0 Å². The van der Waals surface area contributed by atoms with Crippen LogP contribution >= 0.6 is 0 Å². The minimum absolute atomic E-state index is 0.0364. The zero-order valence-electron chi connectivity index (χ0n) is 14.6. The molecular weight excluding hydrogens is 344 g/mol. The molecule has 0 bridgehead atoms. The van der Waals surface area contributed by atoms with E-state index in [4.69, 9.17) is 10.2 Å². The lowest BCUT2D eigenvalue weighted by atomic mass is 10.1. The van der Waals surface area contributed by atoms with Crippen molar-refractivity contribution in [3.63, 3.8) is 0 Å². The van der Waals surface area contributed by atoms with E-state index in [2.05, 4.69) is 0 Å². The number of hydrogen-bond donors (Lipinski definition) is 1. The molecule has 0 unspecified atom stereocenters. The van der Waals surface area contributed by atoms with Crippen LogP contribution in [0.3, 0.4) is 0 Å². The standard InChI is InChI=1S/C21H18N2O4/c22-19(24)14-7-5-13(6-8-14)12-23(16-9-10-16)20(25)17-11-15-3-1-2-4-18(15)27-21(17)26/h1-8,11,16H,9-10,12H2,(H2,22,24). The second-order valence-corrected chi connectivity index (χ2v) is 6.71. The van der Waals surface area contributed by atoms with E-state index < -0.39 is 11.5 Å². The van der Waals surface area contributed by atoms with Crippen molar-refractivity contribution in [2.24, 2.45) is 5.73 Å². The van der Waals surface area contributed by atoms with Crippen LogP contribution in [0.2, 0.25) is 0 Å². The molecule has 2 aromatic carbocycles. The van der Waals surface area contributed by atoms with Crippen molar-refractivity contribution in [1.29, 1.82) is 0 Å². The molecule has 1 heterocycles. The first-order valence-electron chi connectivity index (χ1n) is 8.75. The number of hydrogen-bond acceptors (Lipinski definition) is 4. The second-order valence-electron chi connectivity index (χ2n) is 6.71. The molecule has 27 heavy (non-hydrogen) atoms. The number of benzene rings is 2. The second kappa shape index (κ2) is 6.72. The maximum Gasteiger partial charge on any atom is 0.349 e. The number of fused-ring (bicyclic) bond motifs is 1. The Morgan fingerprint density at radius 1 is 1.07 bits per heavy atom. The Balaban J connectivity index is 1.64. The number of nitrogens with two attached hydrogens (primary N) is 1. The highest BCUT2D eigenvalue weighted by Crippen LogP contribution is 2.30. The molecule has 0 saturated heterocycles. The minimum atomic E-state index is -0.631. The molecule has 0 atom stereocenters. The molecule has 1 saturated carbocycles. The summed E-state index contributed by atoms with van der Waals surface area (Å²) in [6.45, 7) is 0.356. The van der Waals surface area contributed by atoms with Crippen molar-refractivity contribution in [1.82, 2.24) is 4.90 Å². The van der Waals surface area contributed by atoms with Crippen LogP contribution in [0.15, 0.2) is 63.8 Å². The van der Waals surface area contributed by atoms with Crippen molar-refractivity contribution in [3.05, 3.63) is 81.7 Å². The molecule has 0 spiro atoms. The Bertz CT molecular complexity index is 1080. The number of carbonyl (C=O) groups is 2. The van der Waals surface area contributed by atoms with E-state index in [1.165, 1.54) is 0 Å². The molecule has 6 heteroatoms. The molecule has 2 N–H and O–H groups in total. The van der Waals surface area contributed by atoms with Crippen LogP contribution in [-0.4, -0.2) is 22.8 Å². The van der Waals surface area contributed by atoms with E-state index in [0.29, 0.717) is 23.1 Å². The van der Waals surface area contributed by atoms with Gasteiger partial charge in [-0.15, -0.1) is 0 Å². The van der Waals surface area contributed by atoms with Crippen LogP contribution in [-0.2, 0) is 6.54 Å². The third-order valence-corrected chi connectivity index (χ3v) is 4.71. The summed E-state index contributed by atoms with van der Waals surface area (Å²) in [5.41, 5.74) is 6.40. The smallest absolute Gasteiger partial charge is 0.349 e. The van der Waals surface area contributed by atoms with Crippen LogP contribution in [0.5, 0.6) is 0 Å². The Morgan fingerprint density at radius 2 is 1.78 bits per heavy atom. The minimum Gasteiger partial charge on any atom is -0.422 e. The lowest BCUT2D eigenvalue weighted by Gasteiger charge is -2.22. The summed E-state index contributed by atoms with van der Waals surface area (Å²) in [4.78, 5) is 38.3. The summed E-state index contributed by atoms with van der Waals surface area (Å²) in [5.74, 6) is -0.832. The molecule has 1 fully saturated rings. The molecule has 4 rings (SSSR count). The molecule has 6 nitrogen and oxygen atoms in total. The summed E-state index contributed by atoms with van der Waals surface area (Å²) in [5, 5.41) is 0.710. The van der Waals surface area contributed by atoms with Gasteiger partial charge >= 0.3 is 5.63 Å². The molecule has 1 aromatic heterocycles. The van der Waals surface area contributed by atoms with Crippen molar-refractivity contribution in [2.45, 2.75) is 25.4 Å². The Morgan fingerprint density at radius 3 is 2.44 bits per heavy atom. The van der Waals surface area contributed by atoms with Gasteiger partial charge in [0.05, 0.1) is 0 Å². The van der Waals surface area contributed by atoms with Crippen molar-refractivity contribution in [2.75, 3.05) is 0 Å². The maximum absolute atomic E-state index is 13.1. The molecule has 1 aliphatic rings. The molecular formula is C21H18N2O4. The lowest BCUT2D eigenvalue weighted by Crippen LogP contribution is -2.35. The van der Waals surface area contributed by atoms with Crippen LogP contribution in [0.25, 0.3) is 11.0 Å². The zero-order chi connectivity index (χ0) is 19.0. The Kier molecular flexibility index (Phi) is 4.24. The summed E-state index contributed by atoms with van der Waals surface area (Å²) in [6, 6.07) is 15.6. The SMILES string of the molecule is NC(=O)c1ccc(CN(C(=O)c2cc3ccccc3oc2=O)C2CC2)cc1. The van der Waals surface area contributed by atoms with Crippen LogP contribution in [0.1, 0.15) is 39.1 Å². The third-order valence-electron chi connectivity index (χ3n) is 4.71. The summed E-state index contributed by atoms with van der Waals surface area (Å²) in [7, 11) is 0. The quantitative estimate of drug-likeness (QED) is 0.706. The summed E-state index contributed by atoms with van der Waals surface area (Å²) >= 11 is 0. The predicted octanol–water partition coefficient (Wildman–Crippen LogP) is 2.70. The van der Waals surface area contributed by atoms with Gasteiger partial charge in [0.2, 0.25) is 5.91 Å². The van der Waals surface area contributed by atoms with E-state index in [0.717, 1.165) is 18.4 Å². The van der Waals surface area contributed by atoms with E-state index in [-0.39, 0.29) is 17.5 Å². The first-order chi connectivity index (χ1) is 13.0. The highest BCUT2D eigenvalue weighted by Gasteiger charge is 2.34. The average Bonchev–Trinajstić information content (AvgIpc) is 3.50. The number of amides is 2. The average molecular weight is 362 g/mol. The highest BCUT2D eigenvalue weighted by atomic mass is 16.4. The fourth-order valence-corrected chi connectivity index (χ4v) is 3.09. The van der Waals surface area contributed by atoms with Gasteiger partial charge < -0.3 is 15.1 Å². The fourth-order valence-electron chi connectivity index (χ4n) is 3.09. The van der Waals surface area contributed by atoms with Crippen LogP contribution in [0.4, 0.5) is 0 Å². The first-order valence-corrected chi connectivity index (χ1v) is 8.75. The monoisotopic (exact) mass is 362 g/mol. The van der Waals surface area contributed by atoms with Crippen LogP contribution in [0, 0.1) is 0 Å². The number of carbonyl (C=O) groups excluding carboxylic acids is 2. The maximum atomic E-state index is 13.1. The number of para-hydroxylation sites is 1. The number of nitrogens with zero attached hydrogens (tertiary/aromatic N) is 1. The van der Waals surface area contributed by atoms with Gasteiger partial charge in [-0.3, -0.25) is 9.59 Å². The predicted molar refractivity (Wildman–Crippen MR) is 100 cm³/mol. The van der Waals surface area contributed by atoms with E-state index in [1.54, 1.807) is 53.4 Å². The van der Waals surface area contributed by atoms with Crippen molar-refractivity contribution >= 4 is 22.8 Å². The largest absolute Gasteiger partial charge is 0.422 e. The number of rotatable bonds is 5. The van der Waals surface area contributed by atoms with E-state index >= 15 is 0 Å². The summed E-state index contributed by atoms with van der Waals surface area (Å²) in [6.07, 6.45) is 1.81. The van der Waals surface area contributed by atoms with E-state index in [9.17, 15) is 14.4 Å². The van der Waals surface area contributed by atoms with E-state index in [1.807, 2.05) is 6.07 Å². The normalized spacial score (nSPS) is 13.5. The molecule has 2 amide bonds. The lowest BCUT2D eigenvalue weighted by molar-refractivity contribution is 0.0725. The topological polar surface area (TPSA) is 93.6 Å². The Labute approximate surface area is 155 Å². The first kappa shape index (κ1) is 17.0. The van der Waals surface area contributed by atoms with Crippen molar-refractivity contribution in [3.8, 4) is 0 Å². The van der Waals surface area contributed by atoms with Gasteiger partial charge in [-0.25, -0.2) is 4.79 Å². The molecule has 3 aromatic rings. The Hall–Kier alpha value is -3.41. The molecule has 136 valence electrons. The molecule has 0 aliphatic heterocycles. The third kappa shape index (κ3) is 3.46. The van der Waals surface area contributed by atoms with Gasteiger partial charge in [-0.2, -0.15) is 0 Å². The van der Waals surface area contributed by atoms with Gasteiger partial charge in [-0.1, -0.05) is 30.3 Å². The van der Waals surface area contributed by atoms with Gasteiger partial charge in [-0.05, 0) is 42.7 Å². The zero-order valence-corrected chi connectivity index (χ0v) is 14.6. The highest BCUT2D eigenvalue weighted by molar-refractivity contribution is 5.97. The van der Waals surface area contributed by atoms with Crippen LogP contribution < -0.4 is 11.4 Å². The molecule has 1 aliphatic carbocycles. The van der Waals surface area contributed by atoms with Gasteiger partial charge in [0, 0.05) is 23.5 Å². The molecule has 0 radical (unpaired) electrons. The number of primary amides is 1. The van der Waals surface area contributed by atoms with Gasteiger partial charge in [0.1, 0.15) is 11.1 Å². The fraction of sp³-hybridized carbons (Fsp3) is 0.190. The summed E-state index contributed by atoms with van der Waals surface area (Å²) < 4.78 is 5.30. The van der Waals surface area contributed by atoms with Gasteiger partial charge in [0.25, 0.3) is 5.91 Å². The van der Waals surface area contributed by atoms with Gasteiger partial charge in [0.15, 0.2) is 0 Å².